The molecule has 4 nitrogen and oxygen atoms in total. The summed E-state index contributed by atoms with van der Waals surface area (Å²) in [5, 5.41) is 3.32. The van der Waals surface area contributed by atoms with Gasteiger partial charge >= 0.3 is 0 Å². The van der Waals surface area contributed by atoms with Crippen LogP contribution < -0.4 is 5.32 Å². The zero-order valence-electron chi connectivity index (χ0n) is 9.84. The maximum Gasteiger partial charge on any atom is 0.243 e. The monoisotopic (exact) mass is 330 g/mol. The maximum atomic E-state index is 12.5. The molecule has 0 bridgehead atoms. The molecule has 0 aromatic heterocycles. The van der Waals surface area contributed by atoms with Gasteiger partial charge in [-0.25, -0.2) is 8.42 Å². The Hall–Kier alpha value is -0.430. The van der Waals surface area contributed by atoms with Crippen LogP contribution in [0.5, 0.6) is 0 Å². The fourth-order valence-electron chi connectivity index (χ4n) is 2.79. The van der Waals surface area contributed by atoms with Gasteiger partial charge in [-0.1, -0.05) is 22.0 Å². The lowest BCUT2D eigenvalue weighted by Gasteiger charge is -2.17. The van der Waals surface area contributed by atoms with Crippen LogP contribution in [0.25, 0.3) is 0 Å². The van der Waals surface area contributed by atoms with Crippen molar-refractivity contribution < 1.29 is 8.42 Å². The van der Waals surface area contributed by atoms with E-state index >= 15 is 0 Å². The highest BCUT2D eigenvalue weighted by Gasteiger charge is 2.41. The van der Waals surface area contributed by atoms with Gasteiger partial charge in [0, 0.05) is 17.6 Å². The average Bonchev–Trinajstić information content (AvgIpc) is 2.89. The van der Waals surface area contributed by atoms with Crippen LogP contribution in [0.2, 0.25) is 0 Å². The summed E-state index contributed by atoms with van der Waals surface area (Å²) in [7, 11) is -3.33. The largest absolute Gasteiger partial charge is 0.316 e. The van der Waals surface area contributed by atoms with Crippen molar-refractivity contribution in [3.05, 3.63) is 28.7 Å². The quantitative estimate of drug-likeness (QED) is 0.888. The highest BCUT2D eigenvalue weighted by Crippen LogP contribution is 2.31. The number of hydrogen-bond acceptors (Lipinski definition) is 3. The number of rotatable bonds is 2. The lowest BCUT2D eigenvalue weighted by Crippen LogP contribution is -2.31. The second kappa shape index (κ2) is 4.59. The molecular formula is C12H15BrN2O2S. The molecule has 6 heteroatoms. The first-order valence-electron chi connectivity index (χ1n) is 6.04. The summed E-state index contributed by atoms with van der Waals surface area (Å²) in [6.07, 6.45) is 0. The van der Waals surface area contributed by atoms with Gasteiger partial charge in [-0.05, 0) is 43.1 Å². The van der Waals surface area contributed by atoms with Crippen LogP contribution in [0.15, 0.2) is 33.6 Å². The third kappa shape index (κ3) is 2.11. The van der Waals surface area contributed by atoms with Gasteiger partial charge in [0.25, 0.3) is 0 Å². The SMILES string of the molecule is O=S(=O)(c1cccc(Br)c1)N1C[C@H]2CNC[C@H]2C1. The molecule has 1 N–H and O–H groups in total. The minimum Gasteiger partial charge on any atom is -0.316 e. The molecule has 2 fully saturated rings. The molecule has 1 aromatic carbocycles. The van der Waals surface area contributed by atoms with Crippen molar-refractivity contribution in [3.8, 4) is 0 Å². The van der Waals surface area contributed by atoms with Gasteiger partial charge < -0.3 is 5.32 Å². The van der Waals surface area contributed by atoms with Gasteiger partial charge in [-0.2, -0.15) is 4.31 Å². The van der Waals surface area contributed by atoms with Crippen LogP contribution in [0, 0.1) is 11.8 Å². The Bertz CT molecular complexity index is 549. The van der Waals surface area contributed by atoms with Gasteiger partial charge in [0.05, 0.1) is 4.90 Å². The minimum atomic E-state index is -3.33. The number of halogens is 1. The highest BCUT2D eigenvalue weighted by atomic mass is 79.9. The number of benzene rings is 1. The van der Waals surface area contributed by atoms with Crippen molar-refractivity contribution in [2.45, 2.75) is 4.90 Å². The minimum absolute atomic E-state index is 0.379. The zero-order valence-corrected chi connectivity index (χ0v) is 12.2. The summed E-state index contributed by atoms with van der Waals surface area (Å²) in [6.45, 7) is 3.17. The summed E-state index contributed by atoms with van der Waals surface area (Å²) < 4.78 is 27.4. The van der Waals surface area contributed by atoms with E-state index in [2.05, 4.69) is 21.2 Å². The predicted molar refractivity (Wildman–Crippen MR) is 72.8 cm³/mol. The summed E-state index contributed by atoms with van der Waals surface area (Å²) in [4.78, 5) is 0.379. The van der Waals surface area contributed by atoms with Crippen LogP contribution in [0.3, 0.4) is 0 Å². The molecule has 2 heterocycles. The first-order chi connectivity index (χ1) is 8.57. The van der Waals surface area contributed by atoms with Gasteiger partial charge in [-0.15, -0.1) is 0 Å². The highest BCUT2D eigenvalue weighted by molar-refractivity contribution is 9.10. The molecule has 98 valence electrons. The van der Waals surface area contributed by atoms with E-state index in [9.17, 15) is 8.42 Å². The summed E-state index contributed by atoms with van der Waals surface area (Å²) in [5.74, 6) is 0.957. The molecule has 2 saturated heterocycles. The summed E-state index contributed by atoms with van der Waals surface area (Å²) in [5.41, 5.74) is 0. The Morgan fingerprint density at radius 2 is 1.89 bits per heavy atom. The Balaban J connectivity index is 1.87. The van der Waals surface area contributed by atoms with Crippen LogP contribution >= 0.6 is 15.9 Å². The van der Waals surface area contributed by atoms with E-state index in [0.717, 1.165) is 17.6 Å². The fourth-order valence-corrected chi connectivity index (χ4v) is 4.94. The third-order valence-electron chi connectivity index (χ3n) is 3.79. The Kier molecular flexibility index (Phi) is 3.21. The van der Waals surface area contributed by atoms with Crippen molar-refractivity contribution in [2.24, 2.45) is 11.8 Å². The van der Waals surface area contributed by atoms with Gasteiger partial charge in [0.2, 0.25) is 10.0 Å². The van der Waals surface area contributed by atoms with Gasteiger partial charge in [-0.3, -0.25) is 0 Å². The Labute approximate surface area is 116 Å². The number of nitrogens with zero attached hydrogens (tertiary/aromatic N) is 1. The second-order valence-corrected chi connectivity index (χ2v) is 7.81. The average molecular weight is 331 g/mol. The normalized spacial score (nSPS) is 28.5. The van der Waals surface area contributed by atoms with Crippen LogP contribution in [-0.2, 0) is 10.0 Å². The second-order valence-electron chi connectivity index (χ2n) is 4.96. The van der Waals surface area contributed by atoms with E-state index in [1.807, 2.05) is 6.07 Å². The zero-order chi connectivity index (χ0) is 12.8. The molecule has 0 unspecified atom stereocenters. The maximum absolute atomic E-state index is 12.5. The van der Waals surface area contributed by atoms with E-state index in [1.165, 1.54) is 0 Å². The fraction of sp³-hybridized carbons (Fsp3) is 0.500. The number of nitrogens with one attached hydrogen (secondary N) is 1. The molecule has 3 rings (SSSR count). The molecule has 0 saturated carbocycles. The van der Waals surface area contributed by atoms with Crippen LogP contribution in [-0.4, -0.2) is 38.9 Å². The molecule has 2 aliphatic rings. The molecule has 2 atom stereocenters. The van der Waals surface area contributed by atoms with E-state index in [1.54, 1.807) is 22.5 Å². The first kappa shape index (κ1) is 12.6. The predicted octanol–water partition coefficient (Wildman–Crippen LogP) is 1.29. The molecule has 0 spiro atoms. The molecule has 0 amide bonds. The van der Waals surface area contributed by atoms with Crippen molar-refractivity contribution in [1.82, 2.24) is 9.62 Å². The molecule has 18 heavy (non-hydrogen) atoms. The number of sulfonamides is 1. The summed E-state index contributed by atoms with van der Waals surface area (Å²) >= 11 is 3.32. The topological polar surface area (TPSA) is 49.4 Å². The van der Waals surface area contributed by atoms with E-state index < -0.39 is 10.0 Å². The Morgan fingerprint density at radius 3 is 2.50 bits per heavy atom. The van der Waals surface area contributed by atoms with Crippen LogP contribution in [0.4, 0.5) is 0 Å². The van der Waals surface area contributed by atoms with Crippen LogP contribution in [0.1, 0.15) is 0 Å². The van der Waals surface area contributed by atoms with Gasteiger partial charge in [0.15, 0.2) is 0 Å². The van der Waals surface area contributed by atoms with E-state index in [0.29, 0.717) is 29.8 Å². The van der Waals surface area contributed by atoms with E-state index in [-0.39, 0.29) is 0 Å². The third-order valence-corrected chi connectivity index (χ3v) is 6.11. The summed E-state index contributed by atoms with van der Waals surface area (Å²) in [6, 6.07) is 6.92. The van der Waals surface area contributed by atoms with Crippen molar-refractivity contribution >= 4 is 26.0 Å². The standard InChI is InChI=1S/C12H15BrN2O2S/c13-11-2-1-3-12(4-11)18(16,17)15-7-9-5-14-6-10(9)8-15/h1-4,9-10,14H,5-8H2/t9-,10+. The molecule has 1 aromatic rings. The Morgan fingerprint density at radius 1 is 1.22 bits per heavy atom. The molecular weight excluding hydrogens is 316 g/mol. The smallest absolute Gasteiger partial charge is 0.243 e. The van der Waals surface area contributed by atoms with Crippen molar-refractivity contribution in [3.63, 3.8) is 0 Å². The number of fused-ring (bicyclic) bond motifs is 1. The lowest BCUT2D eigenvalue weighted by molar-refractivity contribution is 0.448. The van der Waals surface area contributed by atoms with Gasteiger partial charge in [0.1, 0.15) is 0 Å². The lowest BCUT2D eigenvalue weighted by atomic mass is 10.0. The molecule has 0 radical (unpaired) electrons. The first-order valence-corrected chi connectivity index (χ1v) is 8.27. The van der Waals surface area contributed by atoms with Crippen molar-refractivity contribution in [2.75, 3.05) is 26.2 Å². The molecule has 2 aliphatic heterocycles. The number of hydrogen-bond donors (Lipinski definition) is 1. The van der Waals surface area contributed by atoms with E-state index in [4.69, 9.17) is 0 Å². The molecule has 0 aliphatic carbocycles. The van der Waals surface area contributed by atoms with Crippen molar-refractivity contribution in [1.29, 1.82) is 0 Å².